The molecule has 0 radical (unpaired) electrons. The molecule has 0 aromatic carbocycles. The summed E-state index contributed by atoms with van der Waals surface area (Å²) in [5, 5.41) is 7.41. The van der Waals surface area contributed by atoms with E-state index in [0.717, 1.165) is 19.4 Å². The summed E-state index contributed by atoms with van der Waals surface area (Å²) in [5.41, 5.74) is 1.22. The van der Waals surface area contributed by atoms with Gasteiger partial charge in [0.2, 0.25) is 0 Å². The number of carbonyl (C=O) groups is 1. The summed E-state index contributed by atoms with van der Waals surface area (Å²) in [6.07, 6.45) is 6.03. The highest BCUT2D eigenvalue weighted by molar-refractivity contribution is 7.03. The van der Waals surface area contributed by atoms with Crippen LogP contribution in [0.25, 0.3) is 0 Å². The van der Waals surface area contributed by atoms with Crippen LogP contribution in [0.5, 0.6) is 0 Å². The van der Waals surface area contributed by atoms with Crippen LogP contribution in [0.1, 0.15) is 28.9 Å². The molecular weight excluding hydrogens is 264 g/mol. The lowest BCUT2D eigenvalue weighted by Crippen LogP contribution is -2.40. The summed E-state index contributed by atoms with van der Waals surface area (Å²) >= 11 is 0. The summed E-state index contributed by atoms with van der Waals surface area (Å²) in [6, 6.07) is 5.50. The minimum absolute atomic E-state index is 0.0238. The topological polar surface area (TPSA) is 59.2 Å². The van der Waals surface area contributed by atoms with Crippen LogP contribution in [-0.2, 0) is 0 Å². The summed E-state index contributed by atoms with van der Waals surface area (Å²) in [6.45, 7) is 2.56. The van der Waals surface area contributed by atoms with Gasteiger partial charge in [0.25, 0.3) is 5.91 Å². The van der Waals surface area contributed by atoms with E-state index in [1.54, 1.807) is 25.1 Å². The molecule has 1 aliphatic heterocycles. The van der Waals surface area contributed by atoms with Crippen LogP contribution in [0.3, 0.4) is 0 Å². The second-order valence-electron chi connectivity index (χ2n) is 5.86. The van der Waals surface area contributed by atoms with Gasteiger partial charge in [-0.15, -0.1) is 0 Å². The molecule has 2 rings (SSSR count). The number of nitrogens with zero attached hydrogens (tertiary/aromatic N) is 3. The number of aryl methyl sites for hydroxylation is 1. The first-order valence-corrected chi connectivity index (χ1v) is 7.47. The van der Waals surface area contributed by atoms with Crippen molar-refractivity contribution in [2.45, 2.75) is 38.4 Å². The standard InChI is InChI=1S/C14H21B2N3O2/c1-11-10-12(4-3-9-17-21-18-11)14(20)19(2)13-5-7-16(15)8-6-13/h3-4,9-10,13H,5-8,15H2,1-2H3. The van der Waals surface area contributed by atoms with Crippen LogP contribution in [0.4, 0.5) is 0 Å². The zero-order valence-electron chi connectivity index (χ0n) is 13.0. The van der Waals surface area contributed by atoms with Crippen molar-refractivity contribution in [3.8, 4) is 0 Å². The number of carbonyl (C=O) groups excluding carboxylic acids is 1. The first kappa shape index (κ1) is 15.6. The SMILES string of the molecule is BB1CCC(N(C)C(=O)c2cccnonc(C)c2)CC1. The molecule has 1 fully saturated rings. The molecule has 5 nitrogen and oxygen atoms in total. The second-order valence-corrected chi connectivity index (χ2v) is 5.86. The van der Waals surface area contributed by atoms with Crippen LogP contribution in [0, 0.1) is 6.92 Å². The maximum atomic E-state index is 12.7. The van der Waals surface area contributed by atoms with Gasteiger partial charge in [-0.2, -0.15) is 0 Å². The number of aromatic nitrogens is 2. The van der Waals surface area contributed by atoms with E-state index in [1.165, 1.54) is 18.8 Å². The molecule has 21 heavy (non-hydrogen) atoms. The zero-order chi connectivity index (χ0) is 15.2. The van der Waals surface area contributed by atoms with Crippen molar-refractivity contribution in [1.29, 1.82) is 0 Å². The quantitative estimate of drug-likeness (QED) is 0.770. The lowest BCUT2D eigenvalue weighted by atomic mass is 9.27. The van der Waals surface area contributed by atoms with Crippen molar-refractivity contribution in [3.05, 3.63) is 35.7 Å². The van der Waals surface area contributed by atoms with E-state index in [-0.39, 0.29) is 5.91 Å². The average Bonchev–Trinajstić information content (AvgIpc) is 2.58. The number of hydrogen-bond acceptors (Lipinski definition) is 4. The number of hydrogen-bond donors (Lipinski definition) is 0. The molecule has 2 heterocycles. The van der Waals surface area contributed by atoms with Crippen molar-refractivity contribution >= 4 is 20.2 Å². The lowest BCUT2D eigenvalue weighted by Gasteiger charge is -2.33. The first-order chi connectivity index (χ1) is 10.1. The zero-order valence-corrected chi connectivity index (χ0v) is 13.0. The fraction of sp³-hybridized carbons (Fsp3) is 0.500. The Bertz CT molecular complexity index is 541. The lowest BCUT2D eigenvalue weighted by molar-refractivity contribution is 0.0720. The molecule has 1 aliphatic rings. The third-order valence-electron chi connectivity index (χ3n) is 4.12. The Morgan fingerprint density at radius 1 is 1.48 bits per heavy atom. The van der Waals surface area contributed by atoms with E-state index in [2.05, 4.69) is 18.1 Å². The third-order valence-corrected chi connectivity index (χ3v) is 4.12. The van der Waals surface area contributed by atoms with Crippen molar-refractivity contribution in [1.82, 2.24) is 15.2 Å². The van der Waals surface area contributed by atoms with Gasteiger partial charge < -0.3 is 4.90 Å². The first-order valence-electron chi connectivity index (χ1n) is 7.47. The molecule has 1 aromatic rings. The molecule has 1 saturated heterocycles. The van der Waals surface area contributed by atoms with Crippen molar-refractivity contribution in [2.75, 3.05) is 7.05 Å². The fourth-order valence-corrected chi connectivity index (χ4v) is 2.73. The minimum atomic E-state index is 0.0238. The highest BCUT2D eigenvalue weighted by atomic mass is 16.6. The van der Waals surface area contributed by atoms with Gasteiger partial charge in [0.1, 0.15) is 6.60 Å². The predicted molar refractivity (Wildman–Crippen MR) is 85.7 cm³/mol. The molecule has 0 atom stereocenters. The van der Waals surface area contributed by atoms with Crippen molar-refractivity contribution in [3.63, 3.8) is 0 Å². The van der Waals surface area contributed by atoms with Crippen LogP contribution in [0.15, 0.2) is 29.0 Å². The van der Waals surface area contributed by atoms with E-state index < -0.39 is 0 Å². The minimum Gasteiger partial charge on any atom is -0.339 e. The molecule has 7 heteroatoms. The molecule has 110 valence electrons. The van der Waals surface area contributed by atoms with Gasteiger partial charge in [-0.3, -0.25) is 4.79 Å². The van der Waals surface area contributed by atoms with Crippen molar-refractivity contribution < 1.29 is 9.42 Å². The molecule has 1 amide bonds. The molecule has 0 bridgehead atoms. The van der Waals surface area contributed by atoms with E-state index in [0.29, 0.717) is 17.3 Å². The summed E-state index contributed by atoms with van der Waals surface area (Å²) in [4.78, 5) is 14.5. The smallest absolute Gasteiger partial charge is 0.253 e. The van der Waals surface area contributed by atoms with E-state index in [1.807, 2.05) is 11.9 Å². The molecule has 0 saturated carbocycles. The Kier molecular flexibility index (Phi) is 5.42. The summed E-state index contributed by atoms with van der Waals surface area (Å²) in [5.74, 6) is 0.0238. The van der Waals surface area contributed by atoms with E-state index in [9.17, 15) is 4.79 Å². The number of amides is 1. The van der Waals surface area contributed by atoms with Gasteiger partial charge in [-0.1, -0.05) is 23.0 Å². The van der Waals surface area contributed by atoms with Crippen molar-refractivity contribution in [2.24, 2.45) is 0 Å². The van der Waals surface area contributed by atoms with Gasteiger partial charge in [0.15, 0.2) is 0 Å². The molecule has 0 N–H and O–H groups in total. The Morgan fingerprint density at radius 3 is 2.90 bits per heavy atom. The molecule has 0 unspecified atom stereocenters. The van der Waals surface area contributed by atoms with Gasteiger partial charge in [0, 0.05) is 18.7 Å². The van der Waals surface area contributed by atoms with Crippen LogP contribution in [0.2, 0.25) is 12.6 Å². The Hall–Kier alpha value is -1.78. The fourth-order valence-electron chi connectivity index (χ4n) is 2.73. The molecule has 1 aromatic heterocycles. The largest absolute Gasteiger partial charge is 0.339 e. The number of rotatable bonds is 2. The average molecular weight is 285 g/mol. The Labute approximate surface area is 126 Å². The normalized spacial score (nSPS) is 15.4. The Balaban J connectivity index is 2.19. The van der Waals surface area contributed by atoms with E-state index >= 15 is 0 Å². The maximum absolute atomic E-state index is 12.7. The van der Waals surface area contributed by atoms with Gasteiger partial charge in [-0.25, -0.2) is 4.63 Å². The summed E-state index contributed by atoms with van der Waals surface area (Å²) in [7, 11) is 4.17. The predicted octanol–water partition coefficient (Wildman–Crippen LogP) is 1.36. The summed E-state index contributed by atoms with van der Waals surface area (Å²) < 4.78 is 4.72. The maximum Gasteiger partial charge on any atom is 0.253 e. The Morgan fingerprint density at radius 2 is 2.19 bits per heavy atom. The van der Waals surface area contributed by atoms with Crippen LogP contribution < -0.4 is 0 Å². The van der Waals surface area contributed by atoms with Gasteiger partial charge in [-0.05, 0) is 38.0 Å². The van der Waals surface area contributed by atoms with Gasteiger partial charge in [0.05, 0.1) is 19.6 Å². The van der Waals surface area contributed by atoms with E-state index in [4.69, 9.17) is 4.63 Å². The molecular formula is C14H21B2N3O2. The molecule has 0 spiro atoms. The monoisotopic (exact) mass is 285 g/mol. The van der Waals surface area contributed by atoms with Crippen LogP contribution in [-0.4, -0.2) is 48.6 Å². The highest BCUT2D eigenvalue weighted by Gasteiger charge is 2.26. The van der Waals surface area contributed by atoms with Crippen LogP contribution >= 0.6 is 0 Å². The molecule has 0 aliphatic carbocycles. The second kappa shape index (κ2) is 7.29. The highest BCUT2D eigenvalue weighted by Crippen LogP contribution is 2.23. The third kappa shape index (κ3) is 4.34. The van der Waals surface area contributed by atoms with Gasteiger partial charge >= 0.3 is 0 Å².